The van der Waals surface area contributed by atoms with E-state index >= 15 is 0 Å². The first-order valence-corrected chi connectivity index (χ1v) is 8.92. The molecule has 0 saturated carbocycles. The highest BCUT2D eigenvalue weighted by Gasteiger charge is 2.25. The second-order valence-corrected chi connectivity index (χ2v) is 7.48. The molecule has 122 valence electrons. The summed E-state index contributed by atoms with van der Waals surface area (Å²) >= 11 is 0.859. The first-order valence-electron chi connectivity index (χ1n) is 6.62. The van der Waals surface area contributed by atoms with Gasteiger partial charge in [-0.1, -0.05) is 11.3 Å². The molecule has 1 aromatic carbocycles. The lowest BCUT2D eigenvalue weighted by Crippen LogP contribution is -2.21. The molecule has 23 heavy (non-hydrogen) atoms. The highest BCUT2D eigenvalue weighted by Crippen LogP contribution is 2.28. The average Bonchev–Trinajstić information content (AvgIpc) is 2.80. The third kappa shape index (κ3) is 3.17. The molecule has 0 fully saturated rings. The molecule has 6 nitrogen and oxygen atoms in total. The maximum atomic E-state index is 13.6. The van der Waals surface area contributed by atoms with Gasteiger partial charge in [0, 0.05) is 6.54 Å². The number of sulfonamides is 1. The van der Waals surface area contributed by atoms with Crippen LogP contribution in [0.3, 0.4) is 0 Å². The van der Waals surface area contributed by atoms with Crippen LogP contribution in [0, 0.1) is 11.6 Å². The summed E-state index contributed by atoms with van der Waals surface area (Å²) in [6, 6.07) is 2.14. The zero-order valence-electron chi connectivity index (χ0n) is 11.6. The van der Waals surface area contributed by atoms with Crippen LogP contribution in [0.15, 0.2) is 23.1 Å². The minimum Gasteiger partial charge on any atom is -0.351 e. The summed E-state index contributed by atoms with van der Waals surface area (Å²) in [5, 5.41) is 2.61. The number of anilines is 1. The molecule has 10 heteroatoms. The van der Waals surface area contributed by atoms with Crippen molar-refractivity contribution in [2.75, 3.05) is 11.3 Å². The number of aryl methyl sites for hydroxylation is 1. The van der Waals surface area contributed by atoms with Crippen LogP contribution in [-0.4, -0.2) is 25.9 Å². The number of carbonyl (C=O) groups excluding carboxylic acids is 1. The van der Waals surface area contributed by atoms with Crippen molar-refractivity contribution >= 4 is 32.4 Å². The van der Waals surface area contributed by atoms with Crippen LogP contribution in [-0.2, 0) is 16.4 Å². The van der Waals surface area contributed by atoms with Gasteiger partial charge < -0.3 is 5.32 Å². The fourth-order valence-electron chi connectivity index (χ4n) is 2.13. The molecular formula is C13H11F2N3O3S2. The van der Waals surface area contributed by atoms with Gasteiger partial charge >= 0.3 is 0 Å². The maximum absolute atomic E-state index is 13.6. The molecule has 0 radical (unpaired) electrons. The predicted octanol–water partition coefficient (Wildman–Crippen LogP) is 1.90. The summed E-state index contributed by atoms with van der Waals surface area (Å²) < 4.78 is 53.3. The smallest absolute Gasteiger partial charge is 0.266 e. The van der Waals surface area contributed by atoms with Gasteiger partial charge in [0.1, 0.15) is 21.4 Å². The SMILES string of the molecule is O=C1NCCCc2nc(NS(=O)(=O)c3cc(F)ccc3F)sc21. The summed E-state index contributed by atoms with van der Waals surface area (Å²) in [5.41, 5.74) is 0.488. The lowest BCUT2D eigenvalue weighted by molar-refractivity contribution is 0.0960. The van der Waals surface area contributed by atoms with Crippen molar-refractivity contribution in [1.82, 2.24) is 10.3 Å². The van der Waals surface area contributed by atoms with E-state index in [9.17, 15) is 22.0 Å². The van der Waals surface area contributed by atoms with E-state index in [0.717, 1.165) is 23.5 Å². The van der Waals surface area contributed by atoms with Crippen LogP contribution in [0.5, 0.6) is 0 Å². The Hall–Kier alpha value is -2.07. The molecule has 1 aliphatic rings. The number of fused-ring (bicyclic) bond motifs is 1. The molecule has 1 aromatic heterocycles. The molecule has 3 rings (SSSR count). The normalized spacial score (nSPS) is 14.8. The van der Waals surface area contributed by atoms with Gasteiger partial charge in [0.15, 0.2) is 5.13 Å². The van der Waals surface area contributed by atoms with Gasteiger partial charge in [-0.3, -0.25) is 9.52 Å². The third-order valence-electron chi connectivity index (χ3n) is 3.18. The van der Waals surface area contributed by atoms with E-state index in [1.54, 1.807) is 0 Å². The Kier molecular flexibility index (Phi) is 4.02. The van der Waals surface area contributed by atoms with Crippen LogP contribution in [0.4, 0.5) is 13.9 Å². The Balaban J connectivity index is 1.94. The highest BCUT2D eigenvalue weighted by molar-refractivity contribution is 7.93. The van der Waals surface area contributed by atoms with Gasteiger partial charge in [-0.05, 0) is 31.0 Å². The van der Waals surface area contributed by atoms with Gasteiger partial charge in [-0.25, -0.2) is 22.2 Å². The number of hydrogen-bond acceptors (Lipinski definition) is 5. The minimum absolute atomic E-state index is 0.0595. The number of thiazole rings is 1. The fourth-order valence-corrected chi connectivity index (χ4v) is 4.39. The van der Waals surface area contributed by atoms with E-state index in [-0.39, 0.29) is 11.0 Å². The lowest BCUT2D eigenvalue weighted by Gasteiger charge is -2.06. The number of rotatable bonds is 3. The van der Waals surface area contributed by atoms with Crippen molar-refractivity contribution in [3.63, 3.8) is 0 Å². The summed E-state index contributed by atoms with van der Waals surface area (Å²) in [7, 11) is -4.34. The molecular weight excluding hydrogens is 348 g/mol. The monoisotopic (exact) mass is 359 g/mol. The zero-order chi connectivity index (χ0) is 16.6. The van der Waals surface area contributed by atoms with Crippen molar-refractivity contribution < 1.29 is 22.0 Å². The van der Waals surface area contributed by atoms with Crippen molar-refractivity contribution in [1.29, 1.82) is 0 Å². The topological polar surface area (TPSA) is 88.2 Å². The summed E-state index contributed by atoms with van der Waals surface area (Å²) in [5.74, 6) is -2.27. The van der Waals surface area contributed by atoms with Gasteiger partial charge in [-0.15, -0.1) is 0 Å². The van der Waals surface area contributed by atoms with Gasteiger partial charge in [0.2, 0.25) is 0 Å². The number of hydrogen-bond donors (Lipinski definition) is 2. The Morgan fingerprint density at radius 3 is 2.87 bits per heavy atom. The van der Waals surface area contributed by atoms with Crippen LogP contribution < -0.4 is 10.0 Å². The predicted molar refractivity (Wildman–Crippen MR) is 79.9 cm³/mol. The number of nitrogens with one attached hydrogen (secondary N) is 2. The van der Waals surface area contributed by atoms with Crippen LogP contribution in [0.25, 0.3) is 0 Å². The van der Waals surface area contributed by atoms with E-state index in [0.29, 0.717) is 36.0 Å². The van der Waals surface area contributed by atoms with Crippen LogP contribution in [0.1, 0.15) is 21.8 Å². The zero-order valence-corrected chi connectivity index (χ0v) is 13.2. The standard InChI is InChI=1S/C13H11F2N3O3S2/c14-7-3-4-8(15)10(6-7)23(20,21)18-13-17-9-2-1-5-16-12(19)11(9)22-13/h3-4,6H,1-2,5H2,(H,16,19)(H,17,18). The van der Waals surface area contributed by atoms with E-state index < -0.39 is 26.6 Å². The molecule has 0 spiro atoms. The molecule has 2 heterocycles. The van der Waals surface area contributed by atoms with Gasteiger partial charge in [-0.2, -0.15) is 0 Å². The Morgan fingerprint density at radius 2 is 2.09 bits per heavy atom. The van der Waals surface area contributed by atoms with Gasteiger partial charge in [0.05, 0.1) is 5.69 Å². The summed E-state index contributed by atoms with van der Waals surface area (Å²) in [6.07, 6.45) is 1.22. The molecule has 1 amide bonds. The second kappa shape index (κ2) is 5.85. The summed E-state index contributed by atoms with van der Waals surface area (Å²) in [4.78, 5) is 15.4. The molecule has 0 saturated heterocycles. The molecule has 0 atom stereocenters. The van der Waals surface area contributed by atoms with Crippen LogP contribution >= 0.6 is 11.3 Å². The van der Waals surface area contributed by atoms with E-state index in [1.807, 2.05) is 0 Å². The lowest BCUT2D eigenvalue weighted by atomic mass is 10.2. The van der Waals surface area contributed by atoms with E-state index in [1.165, 1.54) is 0 Å². The molecule has 1 aliphatic heterocycles. The van der Waals surface area contributed by atoms with E-state index in [4.69, 9.17) is 0 Å². The second-order valence-electron chi connectivity index (χ2n) is 4.83. The number of carbonyl (C=O) groups is 1. The third-order valence-corrected chi connectivity index (χ3v) is 5.68. The van der Waals surface area contributed by atoms with E-state index in [2.05, 4.69) is 15.0 Å². The minimum atomic E-state index is -4.34. The first-order chi connectivity index (χ1) is 10.9. The number of aromatic nitrogens is 1. The molecule has 0 aliphatic carbocycles. The molecule has 0 unspecified atom stereocenters. The van der Waals surface area contributed by atoms with Crippen molar-refractivity contribution in [3.8, 4) is 0 Å². The Labute approximate surface area is 134 Å². The summed E-state index contributed by atoms with van der Waals surface area (Å²) in [6.45, 7) is 0.525. The number of amides is 1. The van der Waals surface area contributed by atoms with Crippen molar-refractivity contribution in [2.24, 2.45) is 0 Å². The first kappa shape index (κ1) is 15.8. The number of nitrogens with zero attached hydrogens (tertiary/aromatic N) is 1. The Bertz CT molecular complexity index is 881. The maximum Gasteiger partial charge on any atom is 0.266 e. The largest absolute Gasteiger partial charge is 0.351 e. The highest BCUT2D eigenvalue weighted by atomic mass is 32.2. The van der Waals surface area contributed by atoms with Crippen molar-refractivity contribution in [3.05, 3.63) is 40.4 Å². The number of benzene rings is 1. The average molecular weight is 359 g/mol. The quantitative estimate of drug-likeness (QED) is 0.876. The number of halogens is 2. The van der Waals surface area contributed by atoms with Gasteiger partial charge in [0.25, 0.3) is 15.9 Å². The van der Waals surface area contributed by atoms with Crippen molar-refractivity contribution in [2.45, 2.75) is 17.7 Å². The fraction of sp³-hybridized carbons (Fsp3) is 0.231. The van der Waals surface area contributed by atoms with Crippen LogP contribution in [0.2, 0.25) is 0 Å². The molecule has 2 N–H and O–H groups in total. The Morgan fingerprint density at radius 1 is 1.30 bits per heavy atom. The molecule has 0 bridgehead atoms. The molecule has 2 aromatic rings.